The summed E-state index contributed by atoms with van der Waals surface area (Å²) < 4.78 is 0. The summed E-state index contributed by atoms with van der Waals surface area (Å²) in [5.74, 6) is 0.0387. The van der Waals surface area contributed by atoms with E-state index in [0.29, 0.717) is 16.9 Å². The molecule has 6 heteroatoms. The molecule has 3 rings (SSSR count). The molecule has 1 atom stereocenters. The van der Waals surface area contributed by atoms with Crippen LogP contribution in [0.15, 0.2) is 5.38 Å². The van der Waals surface area contributed by atoms with E-state index in [-0.39, 0.29) is 5.91 Å². The Bertz CT molecular complexity index is 455. The monoisotopic (exact) mass is 280 g/mol. The molecule has 2 aliphatic heterocycles. The molecule has 0 bridgehead atoms. The van der Waals surface area contributed by atoms with Gasteiger partial charge in [0.15, 0.2) is 5.13 Å². The molecule has 3 heterocycles. The van der Waals surface area contributed by atoms with E-state index in [0.717, 1.165) is 19.5 Å². The molecular weight excluding hydrogens is 260 g/mol. The normalized spacial score (nSPS) is 24.8. The quantitative estimate of drug-likeness (QED) is 0.890. The van der Waals surface area contributed by atoms with E-state index in [4.69, 9.17) is 5.73 Å². The topological polar surface area (TPSA) is 62.5 Å². The first-order chi connectivity index (χ1) is 9.24. The van der Waals surface area contributed by atoms with Gasteiger partial charge in [-0.15, -0.1) is 11.3 Å². The summed E-state index contributed by atoms with van der Waals surface area (Å²) in [6.45, 7) is 4.07. The number of aromatic nitrogens is 1. The maximum atomic E-state index is 12.4. The van der Waals surface area contributed by atoms with E-state index in [1.54, 1.807) is 5.38 Å². The molecule has 1 amide bonds. The van der Waals surface area contributed by atoms with Crippen molar-refractivity contribution in [2.45, 2.75) is 31.7 Å². The third kappa shape index (κ3) is 2.74. The molecule has 0 aliphatic carbocycles. The van der Waals surface area contributed by atoms with Crippen molar-refractivity contribution >= 4 is 22.4 Å². The van der Waals surface area contributed by atoms with E-state index in [9.17, 15) is 4.79 Å². The highest BCUT2D eigenvalue weighted by Gasteiger charge is 2.30. The molecule has 104 valence electrons. The molecule has 0 aromatic carbocycles. The Morgan fingerprint density at radius 1 is 1.32 bits per heavy atom. The van der Waals surface area contributed by atoms with Gasteiger partial charge >= 0.3 is 0 Å². The molecule has 2 saturated heterocycles. The van der Waals surface area contributed by atoms with Crippen molar-refractivity contribution in [3.63, 3.8) is 0 Å². The number of nitrogens with zero attached hydrogens (tertiary/aromatic N) is 3. The molecule has 0 radical (unpaired) electrons. The molecule has 2 N–H and O–H groups in total. The van der Waals surface area contributed by atoms with Crippen LogP contribution in [0.2, 0.25) is 0 Å². The fourth-order valence-electron chi connectivity index (χ4n) is 3.09. The minimum Gasteiger partial charge on any atom is -0.375 e. The predicted molar refractivity (Wildman–Crippen MR) is 76.3 cm³/mol. The summed E-state index contributed by atoms with van der Waals surface area (Å²) in [4.78, 5) is 21.0. The SMILES string of the molecule is Nc1nc(C(=O)N2CCCC(N3CCCC3)C2)cs1. The highest BCUT2D eigenvalue weighted by molar-refractivity contribution is 7.13. The maximum Gasteiger partial charge on any atom is 0.273 e. The van der Waals surface area contributed by atoms with Crippen molar-refractivity contribution in [3.05, 3.63) is 11.1 Å². The number of piperidine rings is 1. The molecule has 2 aliphatic rings. The second-order valence-electron chi connectivity index (χ2n) is 5.36. The van der Waals surface area contributed by atoms with Gasteiger partial charge in [0.1, 0.15) is 5.69 Å². The van der Waals surface area contributed by atoms with Crippen LogP contribution in [0.25, 0.3) is 0 Å². The lowest BCUT2D eigenvalue weighted by molar-refractivity contribution is 0.0603. The van der Waals surface area contributed by atoms with Gasteiger partial charge in [-0.1, -0.05) is 0 Å². The van der Waals surface area contributed by atoms with E-state index in [1.165, 1.54) is 43.7 Å². The fourth-order valence-corrected chi connectivity index (χ4v) is 3.63. The van der Waals surface area contributed by atoms with Gasteiger partial charge in [0.25, 0.3) is 5.91 Å². The number of nitrogens with two attached hydrogens (primary N) is 1. The highest BCUT2D eigenvalue weighted by Crippen LogP contribution is 2.22. The van der Waals surface area contributed by atoms with Crippen LogP contribution in [-0.2, 0) is 0 Å². The number of nitrogen functional groups attached to an aromatic ring is 1. The smallest absolute Gasteiger partial charge is 0.273 e. The number of carbonyl (C=O) groups excluding carboxylic acids is 1. The molecule has 5 nitrogen and oxygen atoms in total. The molecule has 0 saturated carbocycles. The van der Waals surface area contributed by atoms with Crippen LogP contribution < -0.4 is 5.73 Å². The number of anilines is 1. The van der Waals surface area contributed by atoms with Crippen LogP contribution in [0.1, 0.15) is 36.2 Å². The third-order valence-corrected chi connectivity index (χ3v) is 4.76. The molecule has 0 spiro atoms. The number of likely N-dealkylation sites (tertiary alicyclic amines) is 2. The second-order valence-corrected chi connectivity index (χ2v) is 6.25. The minimum atomic E-state index is 0.0387. The summed E-state index contributed by atoms with van der Waals surface area (Å²) in [6, 6.07) is 0.538. The van der Waals surface area contributed by atoms with E-state index in [1.807, 2.05) is 4.90 Å². The van der Waals surface area contributed by atoms with E-state index < -0.39 is 0 Å². The number of thiazole rings is 1. The van der Waals surface area contributed by atoms with Crippen molar-refractivity contribution in [2.75, 3.05) is 31.9 Å². The highest BCUT2D eigenvalue weighted by atomic mass is 32.1. The number of hydrogen-bond donors (Lipinski definition) is 1. The summed E-state index contributed by atoms with van der Waals surface area (Å²) in [5.41, 5.74) is 6.11. The van der Waals surface area contributed by atoms with Gasteiger partial charge in [0, 0.05) is 24.5 Å². The Kier molecular flexibility index (Phi) is 3.70. The van der Waals surface area contributed by atoms with E-state index in [2.05, 4.69) is 9.88 Å². The average molecular weight is 280 g/mol. The minimum absolute atomic E-state index is 0.0387. The van der Waals surface area contributed by atoms with Crippen LogP contribution in [0.3, 0.4) is 0 Å². The summed E-state index contributed by atoms with van der Waals surface area (Å²) in [7, 11) is 0. The number of amides is 1. The van der Waals surface area contributed by atoms with Gasteiger partial charge in [0.2, 0.25) is 0 Å². The lowest BCUT2D eigenvalue weighted by Gasteiger charge is -2.37. The summed E-state index contributed by atoms with van der Waals surface area (Å²) in [5, 5.41) is 2.23. The molecule has 19 heavy (non-hydrogen) atoms. The van der Waals surface area contributed by atoms with Gasteiger partial charge < -0.3 is 10.6 Å². The molecule has 1 aromatic rings. The molecule has 2 fully saturated rings. The van der Waals surface area contributed by atoms with Crippen molar-refractivity contribution in [1.29, 1.82) is 0 Å². The zero-order valence-electron chi connectivity index (χ0n) is 11.0. The predicted octanol–water partition coefficient (Wildman–Crippen LogP) is 1.43. The Morgan fingerprint density at radius 3 is 2.79 bits per heavy atom. The maximum absolute atomic E-state index is 12.4. The lowest BCUT2D eigenvalue weighted by Crippen LogP contribution is -2.49. The van der Waals surface area contributed by atoms with Crippen LogP contribution in [-0.4, -0.2) is 52.9 Å². The Balaban J connectivity index is 1.65. The zero-order chi connectivity index (χ0) is 13.2. The van der Waals surface area contributed by atoms with Gasteiger partial charge in [-0.25, -0.2) is 4.98 Å². The largest absolute Gasteiger partial charge is 0.375 e. The van der Waals surface area contributed by atoms with Crippen LogP contribution in [0.5, 0.6) is 0 Å². The van der Waals surface area contributed by atoms with E-state index >= 15 is 0 Å². The molecule has 1 aromatic heterocycles. The zero-order valence-corrected chi connectivity index (χ0v) is 11.9. The number of rotatable bonds is 2. The van der Waals surface area contributed by atoms with Gasteiger partial charge in [-0.05, 0) is 38.8 Å². The van der Waals surface area contributed by atoms with Crippen molar-refractivity contribution in [2.24, 2.45) is 0 Å². The Labute approximate surface area is 117 Å². The second kappa shape index (κ2) is 5.46. The standard InChI is InChI=1S/C13H20N4OS/c14-13-15-11(9-19-13)12(18)17-7-3-4-10(8-17)16-5-1-2-6-16/h9-10H,1-8H2,(H2,14,15). The first-order valence-corrected chi connectivity index (χ1v) is 7.86. The van der Waals surface area contributed by atoms with Crippen molar-refractivity contribution in [1.82, 2.24) is 14.8 Å². The third-order valence-electron chi connectivity index (χ3n) is 4.08. The van der Waals surface area contributed by atoms with Crippen molar-refractivity contribution < 1.29 is 4.79 Å². The number of carbonyl (C=O) groups is 1. The van der Waals surface area contributed by atoms with Gasteiger partial charge in [-0.3, -0.25) is 9.69 Å². The van der Waals surface area contributed by atoms with Crippen molar-refractivity contribution in [3.8, 4) is 0 Å². The molecular formula is C13H20N4OS. The van der Waals surface area contributed by atoms with Crippen LogP contribution in [0.4, 0.5) is 5.13 Å². The summed E-state index contributed by atoms with van der Waals surface area (Å²) in [6.07, 6.45) is 4.90. The van der Waals surface area contributed by atoms with Gasteiger partial charge in [0.05, 0.1) is 0 Å². The Morgan fingerprint density at radius 2 is 2.11 bits per heavy atom. The van der Waals surface area contributed by atoms with Crippen LogP contribution in [0, 0.1) is 0 Å². The Hall–Kier alpha value is -1.14. The summed E-state index contributed by atoms with van der Waals surface area (Å²) >= 11 is 1.33. The van der Waals surface area contributed by atoms with Crippen LogP contribution >= 0.6 is 11.3 Å². The molecule has 1 unspecified atom stereocenters. The fraction of sp³-hybridized carbons (Fsp3) is 0.692. The average Bonchev–Trinajstić information content (AvgIpc) is 3.09. The lowest BCUT2D eigenvalue weighted by atomic mass is 10.0. The first kappa shape index (κ1) is 12.9. The first-order valence-electron chi connectivity index (χ1n) is 6.98. The van der Waals surface area contributed by atoms with Gasteiger partial charge in [-0.2, -0.15) is 0 Å². The number of hydrogen-bond acceptors (Lipinski definition) is 5.